The Labute approximate surface area is 93.3 Å². The fourth-order valence-corrected chi connectivity index (χ4v) is 1.60. The smallest absolute Gasteiger partial charge is 0.274 e. The highest BCUT2D eigenvalue weighted by Gasteiger charge is 2.18. The number of hydrogen-bond acceptors (Lipinski definition) is 4. The molecular weight excluding hydrogens is 268 g/mol. The summed E-state index contributed by atoms with van der Waals surface area (Å²) in [7, 11) is 1.34. The summed E-state index contributed by atoms with van der Waals surface area (Å²) in [5.74, 6) is -0.568. The third-order valence-corrected chi connectivity index (χ3v) is 2.54. The number of rotatable bonds is 3. The predicted molar refractivity (Wildman–Crippen MR) is 55.9 cm³/mol. The number of hydrogen-bond donors (Lipinski definition) is 1. The number of nitrogens with zero attached hydrogens (tertiary/aromatic N) is 1. The zero-order valence-corrected chi connectivity index (χ0v) is 9.28. The minimum atomic E-state index is -0.760. The van der Waals surface area contributed by atoms with Crippen LogP contribution in [0, 0.1) is 10.1 Å². The number of nitro groups is 1. The Morgan fingerprint density at radius 1 is 1.60 bits per heavy atom. The van der Waals surface area contributed by atoms with Crippen molar-refractivity contribution in [2.75, 3.05) is 7.11 Å². The Hall–Kier alpha value is -1.63. The van der Waals surface area contributed by atoms with Crippen LogP contribution in [0.2, 0.25) is 0 Å². The molecule has 0 spiro atoms. The van der Waals surface area contributed by atoms with Gasteiger partial charge in [-0.15, -0.1) is 0 Å². The minimum Gasteiger partial charge on any atom is -0.495 e. The summed E-state index contributed by atoms with van der Waals surface area (Å²) in [4.78, 5) is 20.9. The number of carbonyl (C=O) groups excluding carboxylic acids is 1. The molecule has 6 nitrogen and oxygen atoms in total. The predicted octanol–water partition coefficient (Wildman–Crippen LogP) is 1.46. The van der Waals surface area contributed by atoms with Crippen LogP contribution >= 0.6 is 15.9 Å². The van der Waals surface area contributed by atoms with E-state index >= 15 is 0 Å². The third-order valence-electron chi connectivity index (χ3n) is 1.72. The summed E-state index contributed by atoms with van der Waals surface area (Å²) in [6.45, 7) is 0. The Bertz CT molecular complexity index is 433. The Morgan fingerprint density at radius 2 is 2.20 bits per heavy atom. The van der Waals surface area contributed by atoms with Crippen LogP contribution in [0.25, 0.3) is 0 Å². The van der Waals surface area contributed by atoms with Crippen molar-refractivity contribution in [3.8, 4) is 5.75 Å². The fourth-order valence-electron chi connectivity index (χ4n) is 1.02. The second-order valence-corrected chi connectivity index (χ2v) is 3.42. The molecule has 0 bridgehead atoms. The fraction of sp³-hybridized carbons (Fsp3) is 0.125. The molecule has 1 amide bonds. The van der Waals surface area contributed by atoms with Crippen LogP contribution in [0.3, 0.4) is 0 Å². The van der Waals surface area contributed by atoms with Gasteiger partial charge in [0, 0.05) is 6.07 Å². The summed E-state index contributed by atoms with van der Waals surface area (Å²) in [6, 6.07) is 2.30. The SMILES string of the molecule is COc1cc([N+](=O)[O-])cc(C(N)=O)c1Br. The average molecular weight is 275 g/mol. The van der Waals surface area contributed by atoms with Crippen molar-refractivity contribution >= 4 is 27.5 Å². The van der Waals surface area contributed by atoms with Gasteiger partial charge in [0.2, 0.25) is 5.91 Å². The van der Waals surface area contributed by atoms with Crippen molar-refractivity contribution in [2.24, 2.45) is 5.73 Å². The van der Waals surface area contributed by atoms with Crippen molar-refractivity contribution in [1.82, 2.24) is 0 Å². The van der Waals surface area contributed by atoms with Crippen LogP contribution in [0.5, 0.6) is 5.75 Å². The number of carbonyl (C=O) groups is 1. The zero-order valence-electron chi connectivity index (χ0n) is 7.69. The molecule has 0 fully saturated rings. The number of halogens is 1. The summed E-state index contributed by atoms with van der Waals surface area (Å²) < 4.78 is 5.18. The van der Waals surface area contributed by atoms with Gasteiger partial charge in [0.05, 0.1) is 28.1 Å². The van der Waals surface area contributed by atoms with Gasteiger partial charge in [-0.25, -0.2) is 0 Å². The molecule has 0 aliphatic heterocycles. The first-order valence-electron chi connectivity index (χ1n) is 3.79. The van der Waals surface area contributed by atoms with Gasteiger partial charge in [0.25, 0.3) is 5.69 Å². The van der Waals surface area contributed by atoms with Crippen LogP contribution < -0.4 is 10.5 Å². The molecule has 0 unspecified atom stereocenters. The third kappa shape index (κ3) is 2.24. The second kappa shape index (κ2) is 4.26. The van der Waals surface area contributed by atoms with E-state index in [1.54, 1.807) is 0 Å². The summed E-state index contributed by atoms with van der Waals surface area (Å²) in [5.41, 5.74) is 4.83. The van der Waals surface area contributed by atoms with Crippen molar-refractivity contribution in [1.29, 1.82) is 0 Å². The highest BCUT2D eigenvalue weighted by atomic mass is 79.9. The number of methoxy groups -OCH3 is 1. The highest BCUT2D eigenvalue weighted by Crippen LogP contribution is 2.32. The van der Waals surface area contributed by atoms with Crippen LogP contribution in [0.1, 0.15) is 10.4 Å². The standard InChI is InChI=1S/C8H7BrN2O4/c1-15-6-3-4(11(13)14)2-5(7(6)9)8(10)12/h2-3H,1H3,(H2,10,12). The Kier molecular flexibility index (Phi) is 3.25. The van der Waals surface area contributed by atoms with Gasteiger partial charge in [-0.1, -0.05) is 0 Å². The van der Waals surface area contributed by atoms with Crippen LogP contribution in [-0.4, -0.2) is 17.9 Å². The van der Waals surface area contributed by atoms with E-state index in [2.05, 4.69) is 15.9 Å². The number of nitrogens with two attached hydrogens (primary N) is 1. The number of nitro benzene ring substituents is 1. The van der Waals surface area contributed by atoms with Crippen molar-refractivity contribution < 1.29 is 14.5 Å². The molecule has 1 rings (SSSR count). The van der Waals surface area contributed by atoms with Crippen molar-refractivity contribution in [3.63, 3.8) is 0 Å². The average Bonchev–Trinajstić information content (AvgIpc) is 2.17. The molecule has 7 heteroatoms. The van der Waals surface area contributed by atoms with Crippen molar-refractivity contribution in [3.05, 3.63) is 32.3 Å². The first-order valence-corrected chi connectivity index (χ1v) is 4.58. The minimum absolute atomic E-state index is 0.0149. The molecule has 0 saturated heterocycles. The van der Waals surface area contributed by atoms with Crippen LogP contribution in [0.15, 0.2) is 16.6 Å². The largest absolute Gasteiger partial charge is 0.495 e. The topological polar surface area (TPSA) is 95.5 Å². The first-order chi connectivity index (χ1) is 6.97. The molecular formula is C8H7BrN2O4. The number of primary amides is 1. The Balaban J connectivity index is 3.45. The number of ether oxygens (including phenoxy) is 1. The normalized spacial score (nSPS) is 9.73. The van der Waals surface area contributed by atoms with Gasteiger partial charge in [-0.05, 0) is 15.9 Å². The molecule has 15 heavy (non-hydrogen) atoms. The molecule has 2 N–H and O–H groups in total. The van der Waals surface area contributed by atoms with Gasteiger partial charge in [0.1, 0.15) is 5.75 Å². The van der Waals surface area contributed by atoms with Crippen LogP contribution in [-0.2, 0) is 0 Å². The van der Waals surface area contributed by atoms with Gasteiger partial charge in [0.15, 0.2) is 0 Å². The molecule has 0 atom stereocenters. The number of non-ortho nitro benzene ring substituents is 1. The van der Waals surface area contributed by atoms with E-state index in [9.17, 15) is 14.9 Å². The highest BCUT2D eigenvalue weighted by molar-refractivity contribution is 9.10. The van der Waals surface area contributed by atoms with Gasteiger partial charge in [-0.2, -0.15) is 0 Å². The summed E-state index contributed by atoms with van der Waals surface area (Å²) in [6.07, 6.45) is 0. The molecule has 1 aromatic carbocycles. The van der Waals surface area contributed by atoms with E-state index in [0.717, 1.165) is 6.07 Å². The molecule has 0 aromatic heterocycles. The lowest BCUT2D eigenvalue weighted by molar-refractivity contribution is -0.385. The van der Waals surface area contributed by atoms with Gasteiger partial charge in [-0.3, -0.25) is 14.9 Å². The van der Waals surface area contributed by atoms with Crippen molar-refractivity contribution in [2.45, 2.75) is 0 Å². The lowest BCUT2D eigenvalue weighted by atomic mass is 10.2. The molecule has 0 saturated carbocycles. The summed E-state index contributed by atoms with van der Waals surface area (Å²) in [5, 5.41) is 10.5. The van der Waals surface area contributed by atoms with Gasteiger partial charge >= 0.3 is 0 Å². The molecule has 0 aliphatic rings. The molecule has 0 aliphatic carbocycles. The van der Waals surface area contributed by atoms with E-state index in [-0.39, 0.29) is 17.0 Å². The quantitative estimate of drug-likeness (QED) is 0.667. The second-order valence-electron chi connectivity index (χ2n) is 2.63. The van der Waals surface area contributed by atoms with E-state index in [1.807, 2.05) is 0 Å². The monoisotopic (exact) mass is 274 g/mol. The van der Waals surface area contributed by atoms with E-state index in [4.69, 9.17) is 10.5 Å². The molecule has 80 valence electrons. The zero-order chi connectivity index (χ0) is 11.6. The maximum absolute atomic E-state index is 11.0. The van der Waals surface area contributed by atoms with Gasteiger partial charge < -0.3 is 10.5 Å². The van der Waals surface area contributed by atoms with Crippen LogP contribution in [0.4, 0.5) is 5.69 Å². The first kappa shape index (κ1) is 11.4. The molecule has 0 radical (unpaired) electrons. The lowest BCUT2D eigenvalue weighted by Gasteiger charge is -2.06. The lowest BCUT2D eigenvalue weighted by Crippen LogP contribution is -2.12. The summed E-state index contributed by atoms with van der Waals surface area (Å²) >= 11 is 3.08. The number of benzene rings is 1. The number of amides is 1. The maximum Gasteiger partial charge on any atom is 0.274 e. The molecule has 1 aromatic rings. The molecule has 0 heterocycles. The van der Waals surface area contributed by atoms with E-state index in [1.165, 1.54) is 13.2 Å². The van der Waals surface area contributed by atoms with E-state index < -0.39 is 10.8 Å². The van der Waals surface area contributed by atoms with E-state index in [0.29, 0.717) is 4.47 Å². The Morgan fingerprint density at radius 3 is 2.60 bits per heavy atom. The maximum atomic E-state index is 11.0.